The van der Waals surface area contributed by atoms with Crippen molar-refractivity contribution >= 4 is 45.7 Å². The Balaban J connectivity index is 1.27. The molecule has 0 unspecified atom stereocenters. The maximum absolute atomic E-state index is 6.11. The average molecular weight is 520 g/mol. The zero-order chi connectivity index (χ0) is 25.2. The zero-order valence-corrected chi connectivity index (χ0v) is 21.4. The van der Waals surface area contributed by atoms with Crippen LogP contribution >= 0.6 is 22.7 Å². The van der Waals surface area contributed by atoms with Gasteiger partial charge in [0.05, 0.1) is 47.1 Å². The summed E-state index contributed by atoms with van der Waals surface area (Å²) in [5, 5.41) is 3.95. The highest BCUT2D eigenvalue weighted by Crippen LogP contribution is 2.19. The fourth-order valence-electron chi connectivity index (χ4n) is 3.38. The van der Waals surface area contributed by atoms with E-state index in [-0.39, 0.29) is 6.10 Å². The molecule has 6 N–H and O–H groups in total. The van der Waals surface area contributed by atoms with E-state index in [0.29, 0.717) is 38.0 Å². The molecule has 4 rings (SSSR count). The molecule has 1 atom stereocenters. The molecule has 0 radical (unpaired) electrons. The Morgan fingerprint density at radius 2 is 1.31 bits per heavy atom. The monoisotopic (exact) mass is 519 g/mol. The largest absolute Gasteiger partial charge is 0.383 e. The van der Waals surface area contributed by atoms with Gasteiger partial charge in [0.15, 0.2) is 0 Å². The molecule has 36 heavy (non-hydrogen) atoms. The van der Waals surface area contributed by atoms with E-state index >= 15 is 0 Å². The fourth-order valence-corrected chi connectivity index (χ4v) is 4.63. The first-order chi connectivity index (χ1) is 17.6. The minimum atomic E-state index is -0.232. The van der Waals surface area contributed by atoms with Gasteiger partial charge in [-0.3, -0.25) is 0 Å². The van der Waals surface area contributed by atoms with Crippen LogP contribution in [0.25, 0.3) is 0 Å². The van der Waals surface area contributed by atoms with E-state index in [4.69, 9.17) is 26.7 Å². The van der Waals surface area contributed by atoms with Crippen LogP contribution in [0.15, 0.2) is 93.5 Å². The highest BCUT2D eigenvalue weighted by atomic mass is 32.1. The van der Waals surface area contributed by atoms with Crippen LogP contribution in [-0.4, -0.2) is 30.9 Å². The zero-order valence-electron chi connectivity index (χ0n) is 19.7. The van der Waals surface area contributed by atoms with Crippen molar-refractivity contribution in [2.75, 3.05) is 13.2 Å². The van der Waals surface area contributed by atoms with Crippen LogP contribution in [-0.2, 0) is 22.7 Å². The van der Waals surface area contributed by atoms with Gasteiger partial charge in [-0.05, 0) is 58.3 Å². The second-order valence-electron chi connectivity index (χ2n) is 7.97. The van der Waals surface area contributed by atoms with E-state index in [1.54, 1.807) is 22.7 Å². The molecule has 7 nitrogen and oxygen atoms in total. The predicted molar refractivity (Wildman–Crippen MR) is 150 cm³/mol. The first kappa shape index (κ1) is 25.7. The van der Waals surface area contributed by atoms with Gasteiger partial charge < -0.3 is 26.7 Å². The molecular formula is C27H29N5O2S2. The van der Waals surface area contributed by atoms with Gasteiger partial charge in [0.2, 0.25) is 0 Å². The number of nitrogens with two attached hydrogens (primary N) is 3. The van der Waals surface area contributed by atoms with Gasteiger partial charge in [0, 0.05) is 6.54 Å². The summed E-state index contributed by atoms with van der Waals surface area (Å²) in [6.07, 6.45) is -0.232. The molecule has 0 spiro atoms. The van der Waals surface area contributed by atoms with Crippen molar-refractivity contribution in [2.45, 2.75) is 19.3 Å². The Morgan fingerprint density at radius 1 is 0.750 bits per heavy atom. The number of ether oxygens (including phenoxy) is 2. The topological polar surface area (TPSA) is 121 Å². The van der Waals surface area contributed by atoms with E-state index in [9.17, 15) is 0 Å². The number of hydrogen-bond donors (Lipinski definition) is 3. The highest BCUT2D eigenvalue weighted by molar-refractivity contribution is 7.12. The summed E-state index contributed by atoms with van der Waals surface area (Å²) >= 11 is 3.12. The van der Waals surface area contributed by atoms with Crippen molar-refractivity contribution < 1.29 is 9.47 Å². The lowest BCUT2D eigenvalue weighted by atomic mass is 10.2. The third-order valence-corrected chi connectivity index (χ3v) is 6.97. The normalized spacial score (nSPS) is 13.1. The molecule has 0 aliphatic heterocycles. The lowest BCUT2D eigenvalue weighted by molar-refractivity contribution is -0.0245. The lowest BCUT2D eigenvalue weighted by Gasteiger charge is -2.16. The van der Waals surface area contributed by atoms with Crippen LogP contribution in [0.1, 0.15) is 20.9 Å². The number of aliphatic imine (C=N–C) groups is 2. The first-order valence-electron chi connectivity index (χ1n) is 11.4. The summed E-state index contributed by atoms with van der Waals surface area (Å²) in [6, 6.07) is 23.4. The molecule has 0 aliphatic rings. The second kappa shape index (κ2) is 13.1. The SMILES string of the molecule is NC[C@H](COCc1cccc(N=C(N)c2cccs2)c1)OCc1cccc(N=C(N)c2cccs2)c1. The Hall–Kier alpha value is -3.34. The van der Waals surface area contributed by atoms with Gasteiger partial charge in [-0.1, -0.05) is 36.4 Å². The van der Waals surface area contributed by atoms with Crippen molar-refractivity contribution in [3.63, 3.8) is 0 Å². The molecule has 2 heterocycles. The molecule has 0 aliphatic carbocycles. The molecule has 4 aromatic rings. The number of nitrogens with zero attached hydrogens (tertiary/aromatic N) is 2. The quantitative estimate of drug-likeness (QED) is 0.181. The van der Waals surface area contributed by atoms with E-state index in [1.807, 2.05) is 83.6 Å². The summed E-state index contributed by atoms with van der Waals surface area (Å²) in [5.74, 6) is 1.00. The number of benzene rings is 2. The molecule has 0 bridgehead atoms. The number of rotatable bonds is 12. The van der Waals surface area contributed by atoms with E-state index in [2.05, 4.69) is 9.98 Å². The third-order valence-electron chi connectivity index (χ3n) is 5.19. The van der Waals surface area contributed by atoms with Crippen molar-refractivity contribution in [1.82, 2.24) is 0 Å². The summed E-state index contributed by atoms with van der Waals surface area (Å²) in [7, 11) is 0. The van der Waals surface area contributed by atoms with Gasteiger partial charge in [-0.15, -0.1) is 22.7 Å². The van der Waals surface area contributed by atoms with Crippen molar-refractivity contribution in [3.8, 4) is 0 Å². The number of hydrogen-bond acceptors (Lipinski definition) is 7. The second-order valence-corrected chi connectivity index (χ2v) is 9.87. The Morgan fingerprint density at radius 3 is 1.81 bits per heavy atom. The predicted octanol–water partition coefficient (Wildman–Crippen LogP) is 4.94. The van der Waals surface area contributed by atoms with E-state index in [0.717, 1.165) is 32.3 Å². The Kier molecular flexibility index (Phi) is 9.37. The van der Waals surface area contributed by atoms with Crippen molar-refractivity contribution in [1.29, 1.82) is 0 Å². The average Bonchev–Trinajstić information content (AvgIpc) is 3.62. The van der Waals surface area contributed by atoms with E-state index < -0.39 is 0 Å². The molecule has 2 aromatic heterocycles. The standard InChI is InChI=1S/C27H29N5O2S2/c28-15-23(34-17-20-6-2-8-22(14-20)32-27(30)25-10-4-12-36-25)18-33-16-19-5-1-7-21(13-19)31-26(29)24-9-3-11-35-24/h1-14,23H,15-18,28H2,(H2,29,31)(H2,30,32)/t23-/m1/s1. The van der Waals surface area contributed by atoms with Gasteiger partial charge in [-0.25, -0.2) is 9.98 Å². The third kappa shape index (κ3) is 7.58. The number of amidine groups is 2. The van der Waals surface area contributed by atoms with Gasteiger partial charge in [0.25, 0.3) is 0 Å². The first-order valence-corrected chi connectivity index (χ1v) is 13.2. The number of thiophene rings is 2. The van der Waals surface area contributed by atoms with Crippen LogP contribution in [0.2, 0.25) is 0 Å². The Labute approximate surface area is 218 Å². The maximum Gasteiger partial charge on any atom is 0.141 e. The maximum atomic E-state index is 6.11. The fraction of sp³-hybridized carbons (Fsp3) is 0.185. The molecule has 186 valence electrons. The molecule has 0 saturated heterocycles. The molecule has 0 saturated carbocycles. The summed E-state index contributed by atoms with van der Waals surface area (Å²) in [4.78, 5) is 10.9. The summed E-state index contributed by atoms with van der Waals surface area (Å²) in [5.41, 5.74) is 21.7. The minimum Gasteiger partial charge on any atom is -0.383 e. The minimum absolute atomic E-state index is 0.232. The molecule has 9 heteroatoms. The van der Waals surface area contributed by atoms with Crippen LogP contribution in [0.5, 0.6) is 0 Å². The van der Waals surface area contributed by atoms with E-state index in [1.165, 1.54) is 0 Å². The summed E-state index contributed by atoms with van der Waals surface area (Å²) in [6.45, 7) is 1.56. The van der Waals surface area contributed by atoms with Gasteiger partial charge in [0.1, 0.15) is 11.7 Å². The van der Waals surface area contributed by atoms with Crippen LogP contribution in [0, 0.1) is 0 Å². The van der Waals surface area contributed by atoms with Gasteiger partial charge >= 0.3 is 0 Å². The highest BCUT2D eigenvalue weighted by Gasteiger charge is 2.09. The molecule has 0 amide bonds. The van der Waals surface area contributed by atoms with Crippen molar-refractivity contribution in [3.05, 3.63) is 104 Å². The van der Waals surface area contributed by atoms with Crippen LogP contribution in [0.3, 0.4) is 0 Å². The molecule has 2 aromatic carbocycles. The van der Waals surface area contributed by atoms with Crippen molar-refractivity contribution in [2.24, 2.45) is 27.2 Å². The van der Waals surface area contributed by atoms with Crippen LogP contribution in [0.4, 0.5) is 11.4 Å². The van der Waals surface area contributed by atoms with Crippen LogP contribution < -0.4 is 17.2 Å². The molecule has 0 fully saturated rings. The molecular weight excluding hydrogens is 490 g/mol. The smallest absolute Gasteiger partial charge is 0.141 e. The lowest BCUT2D eigenvalue weighted by Crippen LogP contribution is -2.28. The Bertz CT molecular complexity index is 1290. The van der Waals surface area contributed by atoms with Gasteiger partial charge in [-0.2, -0.15) is 0 Å². The summed E-state index contributed by atoms with van der Waals surface area (Å²) < 4.78 is 11.9.